The summed E-state index contributed by atoms with van der Waals surface area (Å²) in [6.45, 7) is 5.12. The highest BCUT2D eigenvalue weighted by Gasteiger charge is 2.54. The van der Waals surface area contributed by atoms with E-state index in [-0.39, 0.29) is 6.61 Å². The highest BCUT2D eigenvalue weighted by atomic mass is 31.0. The molecule has 6 atom stereocenters. The summed E-state index contributed by atoms with van der Waals surface area (Å²) < 4.78 is 5.36. The minimum absolute atomic E-state index is 0.196. The first-order valence-electron chi connectivity index (χ1n) is 9.38. The Balaban J connectivity index is 1.71. The molecule has 0 aromatic heterocycles. The molecule has 2 saturated carbocycles. The van der Waals surface area contributed by atoms with Gasteiger partial charge in [0.15, 0.2) is 0 Å². The lowest BCUT2D eigenvalue weighted by molar-refractivity contribution is 0.0488. The Bertz CT molecular complexity index is 668. The van der Waals surface area contributed by atoms with E-state index in [4.69, 9.17) is 4.52 Å². The molecule has 0 amide bonds. The van der Waals surface area contributed by atoms with Gasteiger partial charge in [0.05, 0.1) is 16.1 Å². The van der Waals surface area contributed by atoms with Crippen molar-refractivity contribution in [2.45, 2.75) is 51.9 Å². The zero-order chi connectivity index (χ0) is 16.9. The molecular weight excluding hydrogens is 315 g/mol. The van der Waals surface area contributed by atoms with Gasteiger partial charge in [-0.2, -0.15) is 0 Å². The molecule has 130 valence electrons. The van der Waals surface area contributed by atoms with Gasteiger partial charge in [-0.25, -0.2) is 0 Å². The monoisotopic (exact) mass is 344 g/mol. The summed E-state index contributed by atoms with van der Waals surface area (Å²) in [5, 5.41) is 9.41. The normalized spacial score (nSPS) is 39.2. The zero-order valence-corrected chi connectivity index (χ0v) is 15.9. The number of fused-ring (bicyclic) bond motifs is 5. The van der Waals surface area contributed by atoms with Gasteiger partial charge in [0, 0.05) is 0 Å². The van der Waals surface area contributed by atoms with Crippen molar-refractivity contribution in [2.24, 2.45) is 23.2 Å². The summed E-state index contributed by atoms with van der Waals surface area (Å²) in [4.78, 5) is 0. The third-order valence-corrected chi connectivity index (χ3v) is 7.64. The maximum Gasteiger partial charge on any atom is 0.122 e. The molecular formula is C21H29O2P. The second-order valence-corrected chi connectivity index (χ2v) is 8.59. The number of hydrogen-bond acceptors (Lipinski definition) is 2. The first kappa shape index (κ1) is 16.6. The molecule has 1 aromatic rings. The average Bonchev–Trinajstić information content (AvgIpc) is 2.91. The molecule has 3 aliphatic rings. The molecule has 0 bridgehead atoms. The van der Waals surface area contributed by atoms with Gasteiger partial charge in [-0.3, -0.25) is 0 Å². The highest BCUT2D eigenvalue weighted by molar-refractivity contribution is 7.10. The fourth-order valence-corrected chi connectivity index (χ4v) is 6.47. The van der Waals surface area contributed by atoms with E-state index in [1.165, 1.54) is 43.2 Å². The molecule has 0 aliphatic heterocycles. The van der Waals surface area contributed by atoms with Crippen LogP contribution in [0.2, 0.25) is 0 Å². The van der Waals surface area contributed by atoms with Gasteiger partial charge in [0.2, 0.25) is 0 Å². The SMILES string of the molecule is CC1Cc2cc(OP)ccc2C2CCC3(C)/C(=C/CO)CCC3C12. The molecule has 3 aliphatic carbocycles. The van der Waals surface area contributed by atoms with E-state index < -0.39 is 0 Å². The van der Waals surface area contributed by atoms with E-state index in [9.17, 15) is 5.11 Å². The van der Waals surface area contributed by atoms with Gasteiger partial charge < -0.3 is 9.63 Å². The third kappa shape index (κ3) is 2.37. The Morgan fingerprint density at radius 3 is 2.96 bits per heavy atom. The van der Waals surface area contributed by atoms with Crippen LogP contribution < -0.4 is 4.52 Å². The van der Waals surface area contributed by atoms with Crippen molar-refractivity contribution >= 4 is 9.47 Å². The Morgan fingerprint density at radius 1 is 1.38 bits per heavy atom. The smallest absolute Gasteiger partial charge is 0.122 e. The van der Waals surface area contributed by atoms with E-state index in [0.29, 0.717) is 11.3 Å². The molecule has 1 aromatic carbocycles. The lowest BCUT2D eigenvalue weighted by Gasteiger charge is -2.52. The predicted octanol–water partition coefficient (Wildman–Crippen LogP) is 4.88. The van der Waals surface area contributed by atoms with Crippen LogP contribution in [0.15, 0.2) is 29.8 Å². The Hall–Kier alpha value is -0.850. The van der Waals surface area contributed by atoms with Crippen molar-refractivity contribution in [1.82, 2.24) is 0 Å². The fraction of sp³-hybridized carbons (Fsp3) is 0.619. The number of aliphatic hydroxyl groups is 1. The van der Waals surface area contributed by atoms with Gasteiger partial charge >= 0.3 is 0 Å². The van der Waals surface area contributed by atoms with Crippen LogP contribution >= 0.6 is 9.47 Å². The molecule has 0 heterocycles. The number of allylic oxidation sites excluding steroid dienone is 1. The Kier molecular flexibility index (Phi) is 4.25. The molecule has 24 heavy (non-hydrogen) atoms. The summed E-state index contributed by atoms with van der Waals surface area (Å²) in [5.74, 6) is 3.94. The van der Waals surface area contributed by atoms with Crippen LogP contribution in [-0.2, 0) is 6.42 Å². The molecule has 0 radical (unpaired) electrons. The van der Waals surface area contributed by atoms with E-state index in [2.05, 4.69) is 47.6 Å². The Labute approximate surface area is 148 Å². The van der Waals surface area contributed by atoms with Crippen LogP contribution in [0, 0.1) is 23.2 Å². The molecule has 2 nitrogen and oxygen atoms in total. The van der Waals surface area contributed by atoms with Crippen molar-refractivity contribution in [2.75, 3.05) is 6.61 Å². The van der Waals surface area contributed by atoms with Crippen molar-refractivity contribution in [3.8, 4) is 5.75 Å². The standard InChI is InChI=1S/C21H29O2P/c1-13-11-14-12-16(23-24)4-5-17(14)18-7-9-21(2)15(8-10-22)3-6-19(21)20(13)18/h4-5,8,12-13,18-20,22H,3,6-7,9-11,24H2,1-2H3/b15-8+. The summed E-state index contributed by atoms with van der Waals surface area (Å²) >= 11 is 0. The Morgan fingerprint density at radius 2 is 2.21 bits per heavy atom. The topological polar surface area (TPSA) is 29.5 Å². The summed E-state index contributed by atoms with van der Waals surface area (Å²) in [5.41, 5.74) is 4.92. The number of hydrogen-bond donors (Lipinski definition) is 1. The lowest BCUT2D eigenvalue weighted by atomic mass is 9.52. The van der Waals surface area contributed by atoms with Crippen molar-refractivity contribution in [3.63, 3.8) is 0 Å². The second kappa shape index (κ2) is 6.15. The lowest BCUT2D eigenvalue weighted by Crippen LogP contribution is -2.43. The molecule has 6 unspecified atom stereocenters. The highest BCUT2D eigenvalue weighted by Crippen LogP contribution is 2.63. The molecule has 4 rings (SSSR count). The van der Waals surface area contributed by atoms with Crippen molar-refractivity contribution in [3.05, 3.63) is 41.0 Å². The maximum absolute atomic E-state index is 9.41. The van der Waals surface area contributed by atoms with Gasteiger partial charge in [-0.15, -0.1) is 0 Å². The van der Waals surface area contributed by atoms with Crippen LogP contribution in [0.3, 0.4) is 0 Å². The summed E-state index contributed by atoms with van der Waals surface area (Å²) in [6.07, 6.45) is 8.30. The third-order valence-electron chi connectivity index (χ3n) is 7.37. The largest absolute Gasteiger partial charge is 0.480 e. The van der Waals surface area contributed by atoms with E-state index in [1.54, 1.807) is 5.56 Å². The first-order chi connectivity index (χ1) is 11.6. The van der Waals surface area contributed by atoms with Gasteiger partial charge in [-0.05, 0) is 84.5 Å². The summed E-state index contributed by atoms with van der Waals surface area (Å²) in [6, 6.07) is 6.69. The fourth-order valence-electron chi connectivity index (χ4n) is 6.32. The molecule has 0 spiro atoms. The molecule has 3 heteroatoms. The van der Waals surface area contributed by atoms with Crippen LogP contribution in [0.4, 0.5) is 0 Å². The van der Waals surface area contributed by atoms with Crippen molar-refractivity contribution in [1.29, 1.82) is 0 Å². The predicted molar refractivity (Wildman–Crippen MR) is 101 cm³/mol. The summed E-state index contributed by atoms with van der Waals surface area (Å²) in [7, 11) is 2.36. The number of rotatable bonds is 2. The second-order valence-electron chi connectivity index (χ2n) is 8.36. The first-order valence-corrected chi connectivity index (χ1v) is 9.85. The minimum atomic E-state index is 0.196. The average molecular weight is 344 g/mol. The molecule has 2 fully saturated rings. The van der Waals surface area contributed by atoms with Gasteiger partial charge in [0.1, 0.15) is 5.75 Å². The van der Waals surface area contributed by atoms with E-state index in [0.717, 1.165) is 23.5 Å². The van der Waals surface area contributed by atoms with Crippen molar-refractivity contribution < 1.29 is 9.63 Å². The van der Waals surface area contributed by atoms with Crippen LogP contribution in [-0.4, -0.2) is 11.7 Å². The van der Waals surface area contributed by atoms with Gasteiger partial charge in [0.25, 0.3) is 0 Å². The van der Waals surface area contributed by atoms with Gasteiger partial charge in [-0.1, -0.05) is 31.6 Å². The van der Waals surface area contributed by atoms with Crippen LogP contribution in [0.5, 0.6) is 5.75 Å². The van der Waals surface area contributed by atoms with Crippen LogP contribution in [0.25, 0.3) is 0 Å². The molecule has 0 saturated heterocycles. The zero-order valence-electron chi connectivity index (χ0n) is 14.8. The molecule has 1 N–H and O–H groups in total. The quantitative estimate of drug-likeness (QED) is 0.612. The maximum atomic E-state index is 9.41. The van der Waals surface area contributed by atoms with E-state index in [1.807, 2.05) is 0 Å². The minimum Gasteiger partial charge on any atom is -0.480 e. The number of benzene rings is 1. The van der Waals surface area contributed by atoms with E-state index >= 15 is 0 Å². The van der Waals surface area contributed by atoms with Crippen LogP contribution in [0.1, 0.15) is 56.6 Å². The number of aliphatic hydroxyl groups excluding tert-OH is 1.